The molecule has 0 saturated heterocycles. The minimum absolute atomic E-state index is 0.107. The quantitative estimate of drug-likeness (QED) is 0.607. The fourth-order valence-electron chi connectivity index (χ4n) is 2.70. The molecule has 3 rings (SSSR count). The number of carbonyl (C=O) groups excluding carboxylic acids is 1. The number of halogens is 1. The lowest BCUT2D eigenvalue weighted by molar-refractivity contribution is -0.116. The van der Waals surface area contributed by atoms with E-state index in [1.807, 2.05) is 54.7 Å². The molecule has 0 fully saturated rings. The summed E-state index contributed by atoms with van der Waals surface area (Å²) < 4.78 is 6.40. The lowest BCUT2D eigenvalue weighted by atomic mass is 10.1. The van der Waals surface area contributed by atoms with Crippen LogP contribution < -0.4 is 10.1 Å². The zero-order valence-electron chi connectivity index (χ0n) is 13.9. The van der Waals surface area contributed by atoms with Gasteiger partial charge < -0.3 is 15.0 Å². The van der Waals surface area contributed by atoms with Gasteiger partial charge in [-0.3, -0.25) is 4.79 Å². The molecule has 0 spiro atoms. The molecule has 0 radical (unpaired) electrons. The normalized spacial score (nSPS) is 11.1. The van der Waals surface area contributed by atoms with Crippen LogP contribution in [0.3, 0.4) is 0 Å². The van der Waals surface area contributed by atoms with Crippen LogP contribution in [0.15, 0.2) is 59.2 Å². The first-order chi connectivity index (χ1) is 12.2. The van der Waals surface area contributed by atoms with Crippen molar-refractivity contribution < 1.29 is 9.53 Å². The third-order valence-electron chi connectivity index (χ3n) is 3.99. The summed E-state index contributed by atoms with van der Waals surface area (Å²) in [6.07, 6.45) is 6.03. The Morgan fingerprint density at radius 2 is 2.08 bits per heavy atom. The van der Waals surface area contributed by atoms with Crippen LogP contribution in [0, 0.1) is 0 Å². The molecule has 1 aromatic heterocycles. The third-order valence-corrected chi connectivity index (χ3v) is 4.77. The molecule has 0 saturated carbocycles. The smallest absolute Gasteiger partial charge is 0.244 e. The number of methoxy groups -OCH3 is 1. The standard InChI is InChI=1S/C20H19BrN2O2/c1-25-18-8-4-6-16-15(13-23-20(16)18)9-10-19(24)22-12-11-14-5-2-3-7-17(14)21/h2-10,13,23H,11-12H2,1H3,(H,22,24)/b10-9+. The molecule has 5 heteroatoms. The summed E-state index contributed by atoms with van der Waals surface area (Å²) in [6, 6.07) is 13.9. The first-order valence-corrected chi connectivity index (χ1v) is 8.81. The first kappa shape index (κ1) is 17.3. The van der Waals surface area contributed by atoms with Crippen LogP contribution >= 0.6 is 15.9 Å². The number of nitrogens with one attached hydrogen (secondary N) is 2. The van der Waals surface area contributed by atoms with Gasteiger partial charge in [-0.05, 0) is 30.2 Å². The molecule has 0 bridgehead atoms. The molecule has 0 atom stereocenters. The third kappa shape index (κ3) is 4.12. The van der Waals surface area contributed by atoms with Crippen LogP contribution in [0.2, 0.25) is 0 Å². The molecule has 0 aliphatic rings. The molecule has 4 nitrogen and oxygen atoms in total. The van der Waals surface area contributed by atoms with E-state index in [2.05, 4.69) is 26.2 Å². The van der Waals surface area contributed by atoms with Gasteiger partial charge in [-0.1, -0.05) is 46.3 Å². The van der Waals surface area contributed by atoms with Crippen LogP contribution in [0.5, 0.6) is 5.75 Å². The van der Waals surface area contributed by atoms with Crippen molar-refractivity contribution in [3.8, 4) is 5.75 Å². The SMILES string of the molecule is COc1cccc2c(/C=C/C(=O)NCCc3ccccc3Br)c[nH]c12. The van der Waals surface area contributed by atoms with Gasteiger partial charge in [0.25, 0.3) is 0 Å². The highest BCUT2D eigenvalue weighted by atomic mass is 79.9. The molecule has 128 valence electrons. The number of H-pyrrole nitrogens is 1. The number of aromatic nitrogens is 1. The number of aromatic amines is 1. The monoisotopic (exact) mass is 398 g/mol. The molecule has 0 unspecified atom stereocenters. The van der Waals surface area contributed by atoms with Crippen molar-refractivity contribution in [2.45, 2.75) is 6.42 Å². The van der Waals surface area contributed by atoms with E-state index >= 15 is 0 Å². The number of fused-ring (bicyclic) bond motifs is 1. The summed E-state index contributed by atoms with van der Waals surface area (Å²) in [5, 5.41) is 3.93. The van der Waals surface area contributed by atoms with E-state index in [0.717, 1.165) is 33.1 Å². The maximum atomic E-state index is 12.0. The maximum Gasteiger partial charge on any atom is 0.244 e. The number of benzene rings is 2. The Labute approximate surface area is 155 Å². The Morgan fingerprint density at radius 3 is 2.88 bits per heavy atom. The average Bonchev–Trinajstić information content (AvgIpc) is 3.05. The van der Waals surface area contributed by atoms with Gasteiger partial charge in [-0.25, -0.2) is 0 Å². The maximum absolute atomic E-state index is 12.0. The zero-order chi connectivity index (χ0) is 17.6. The number of hydrogen-bond acceptors (Lipinski definition) is 2. The van der Waals surface area contributed by atoms with E-state index in [0.29, 0.717) is 6.54 Å². The molecule has 0 aliphatic carbocycles. The van der Waals surface area contributed by atoms with E-state index in [1.54, 1.807) is 13.2 Å². The molecular weight excluding hydrogens is 380 g/mol. The van der Waals surface area contributed by atoms with Gasteiger partial charge in [0.1, 0.15) is 5.75 Å². The fraction of sp³-hybridized carbons (Fsp3) is 0.150. The summed E-state index contributed by atoms with van der Waals surface area (Å²) >= 11 is 3.51. The number of carbonyl (C=O) groups is 1. The van der Waals surface area contributed by atoms with Gasteiger partial charge in [0.15, 0.2) is 0 Å². The number of amides is 1. The Hall–Kier alpha value is -2.53. The van der Waals surface area contributed by atoms with Crippen LogP contribution in [0.25, 0.3) is 17.0 Å². The summed E-state index contributed by atoms with van der Waals surface area (Å²) in [7, 11) is 1.64. The Morgan fingerprint density at radius 1 is 1.24 bits per heavy atom. The minimum atomic E-state index is -0.107. The predicted octanol–water partition coefficient (Wildman–Crippen LogP) is 4.31. The van der Waals surface area contributed by atoms with Gasteiger partial charge in [0.2, 0.25) is 5.91 Å². The van der Waals surface area contributed by atoms with Crippen molar-refractivity contribution in [2.75, 3.05) is 13.7 Å². The second-order valence-electron chi connectivity index (χ2n) is 5.59. The van der Waals surface area contributed by atoms with Gasteiger partial charge in [-0.2, -0.15) is 0 Å². The highest BCUT2D eigenvalue weighted by molar-refractivity contribution is 9.10. The van der Waals surface area contributed by atoms with Crippen molar-refractivity contribution in [3.05, 3.63) is 70.3 Å². The first-order valence-electron chi connectivity index (χ1n) is 8.02. The lowest BCUT2D eigenvalue weighted by Gasteiger charge is -2.04. The largest absolute Gasteiger partial charge is 0.495 e. The van der Waals surface area contributed by atoms with E-state index in [4.69, 9.17) is 4.74 Å². The second-order valence-corrected chi connectivity index (χ2v) is 6.45. The van der Waals surface area contributed by atoms with Crippen molar-refractivity contribution in [1.82, 2.24) is 10.3 Å². The van der Waals surface area contributed by atoms with Gasteiger partial charge in [0.05, 0.1) is 12.6 Å². The molecule has 1 heterocycles. The number of hydrogen-bond donors (Lipinski definition) is 2. The molecule has 1 amide bonds. The van der Waals surface area contributed by atoms with Gasteiger partial charge >= 0.3 is 0 Å². The fourth-order valence-corrected chi connectivity index (χ4v) is 3.19. The summed E-state index contributed by atoms with van der Waals surface area (Å²) in [4.78, 5) is 15.2. The van der Waals surface area contributed by atoms with E-state index in [-0.39, 0.29) is 5.91 Å². The van der Waals surface area contributed by atoms with Gasteiger partial charge in [-0.15, -0.1) is 0 Å². The number of rotatable bonds is 6. The molecule has 2 N–H and O–H groups in total. The van der Waals surface area contributed by atoms with Crippen LogP contribution in [0.4, 0.5) is 0 Å². The molecule has 2 aromatic carbocycles. The van der Waals surface area contributed by atoms with Crippen LogP contribution in [0.1, 0.15) is 11.1 Å². The highest BCUT2D eigenvalue weighted by Crippen LogP contribution is 2.27. The minimum Gasteiger partial charge on any atom is -0.495 e. The van der Waals surface area contributed by atoms with Crippen molar-refractivity contribution >= 4 is 38.8 Å². The molecule has 0 aliphatic heterocycles. The van der Waals surface area contributed by atoms with Crippen LogP contribution in [-0.2, 0) is 11.2 Å². The zero-order valence-corrected chi connectivity index (χ0v) is 15.5. The highest BCUT2D eigenvalue weighted by Gasteiger charge is 2.06. The van der Waals surface area contributed by atoms with Crippen LogP contribution in [-0.4, -0.2) is 24.5 Å². The summed E-state index contributed by atoms with van der Waals surface area (Å²) in [6.45, 7) is 0.591. The van der Waals surface area contributed by atoms with E-state index in [1.165, 1.54) is 5.56 Å². The topological polar surface area (TPSA) is 54.1 Å². The second kappa shape index (κ2) is 8.03. The molecular formula is C20H19BrN2O2. The average molecular weight is 399 g/mol. The summed E-state index contributed by atoms with van der Waals surface area (Å²) in [5.41, 5.74) is 3.06. The lowest BCUT2D eigenvalue weighted by Crippen LogP contribution is -2.23. The number of para-hydroxylation sites is 1. The van der Waals surface area contributed by atoms with E-state index < -0.39 is 0 Å². The Balaban J connectivity index is 1.60. The molecule has 3 aromatic rings. The Kier molecular flexibility index (Phi) is 5.56. The van der Waals surface area contributed by atoms with Gasteiger partial charge in [0, 0.05) is 34.2 Å². The Bertz CT molecular complexity index is 915. The van der Waals surface area contributed by atoms with Crippen molar-refractivity contribution in [2.24, 2.45) is 0 Å². The van der Waals surface area contributed by atoms with Crippen molar-refractivity contribution in [1.29, 1.82) is 0 Å². The summed E-state index contributed by atoms with van der Waals surface area (Å²) in [5.74, 6) is 0.680. The predicted molar refractivity (Wildman–Crippen MR) is 105 cm³/mol. The van der Waals surface area contributed by atoms with E-state index in [9.17, 15) is 4.79 Å². The van der Waals surface area contributed by atoms with Crippen molar-refractivity contribution in [3.63, 3.8) is 0 Å². The number of ether oxygens (including phenoxy) is 1. The molecule has 25 heavy (non-hydrogen) atoms.